The Balaban J connectivity index is 1.72. The highest BCUT2D eigenvalue weighted by molar-refractivity contribution is 5.66. The maximum absolute atomic E-state index is 13.2. The van der Waals surface area contributed by atoms with E-state index in [0.717, 1.165) is 21.4 Å². The molecule has 2 heterocycles. The van der Waals surface area contributed by atoms with Crippen molar-refractivity contribution in [3.05, 3.63) is 104 Å². The van der Waals surface area contributed by atoms with E-state index < -0.39 is 17.3 Å². The molecule has 36 heavy (non-hydrogen) atoms. The molecule has 0 aliphatic rings. The quantitative estimate of drug-likeness (QED) is 0.387. The number of hydrogen-bond acceptors (Lipinski definition) is 7. The number of carboxylic acid groups (broad SMARTS) is 1. The maximum Gasteiger partial charge on any atom is 0.335 e. The minimum atomic E-state index is -1.11. The second-order valence-electron chi connectivity index (χ2n) is 8.11. The van der Waals surface area contributed by atoms with Crippen molar-refractivity contribution >= 4 is 11.7 Å². The van der Waals surface area contributed by atoms with E-state index in [4.69, 9.17) is 9.84 Å². The van der Waals surface area contributed by atoms with Crippen LogP contribution in [0.3, 0.4) is 0 Å². The second kappa shape index (κ2) is 10.6. The summed E-state index contributed by atoms with van der Waals surface area (Å²) in [6.45, 7) is 3.64. The predicted molar refractivity (Wildman–Crippen MR) is 130 cm³/mol. The fourth-order valence-electron chi connectivity index (χ4n) is 3.39. The summed E-state index contributed by atoms with van der Waals surface area (Å²) in [5.41, 5.74) is 1.71. The first-order chi connectivity index (χ1) is 17.3. The van der Waals surface area contributed by atoms with Crippen LogP contribution in [0.5, 0.6) is 11.6 Å². The summed E-state index contributed by atoms with van der Waals surface area (Å²) in [6.07, 6.45) is 2.76. The first-order valence-corrected chi connectivity index (χ1v) is 11.1. The molecular formula is C25H24N6O5. The van der Waals surface area contributed by atoms with Crippen LogP contribution < -0.4 is 21.7 Å². The van der Waals surface area contributed by atoms with E-state index in [0.29, 0.717) is 17.3 Å². The van der Waals surface area contributed by atoms with Crippen LogP contribution in [0.25, 0.3) is 0 Å². The van der Waals surface area contributed by atoms with Gasteiger partial charge in [-0.1, -0.05) is 29.8 Å². The highest BCUT2D eigenvalue weighted by Gasteiger charge is 2.11. The summed E-state index contributed by atoms with van der Waals surface area (Å²) in [4.78, 5) is 52.2. The number of nitrogens with zero attached hydrogens (tertiary/aromatic N) is 5. The van der Waals surface area contributed by atoms with Gasteiger partial charge in [0.25, 0.3) is 0 Å². The number of benzene rings is 2. The van der Waals surface area contributed by atoms with Crippen molar-refractivity contribution in [2.75, 3.05) is 0 Å². The van der Waals surface area contributed by atoms with Crippen molar-refractivity contribution in [2.24, 2.45) is 4.99 Å². The Kier molecular flexibility index (Phi) is 7.19. The van der Waals surface area contributed by atoms with Gasteiger partial charge in [-0.3, -0.25) is 19.3 Å². The summed E-state index contributed by atoms with van der Waals surface area (Å²) < 4.78 is 7.87. The van der Waals surface area contributed by atoms with E-state index in [-0.39, 0.29) is 25.1 Å². The first-order valence-electron chi connectivity index (χ1n) is 11.1. The van der Waals surface area contributed by atoms with Gasteiger partial charge in [0, 0.05) is 12.7 Å². The van der Waals surface area contributed by atoms with Crippen molar-refractivity contribution in [1.29, 1.82) is 0 Å². The number of H-pyrrole nitrogens is 1. The lowest BCUT2D eigenvalue weighted by Gasteiger charge is -2.11. The Morgan fingerprint density at radius 1 is 1.03 bits per heavy atom. The van der Waals surface area contributed by atoms with E-state index in [9.17, 15) is 14.4 Å². The topological polar surface area (TPSA) is 144 Å². The molecule has 184 valence electrons. The van der Waals surface area contributed by atoms with Crippen LogP contribution in [0, 0.1) is 13.8 Å². The molecule has 0 amide bonds. The molecule has 0 saturated carbocycles. The fourth-order valence-corrected chi connectivity index (χ4v) is 3.39. The Hall–Kier alpha value is -4.80. The summed E-state index contributed by atoms with van der Waals surface area (Å²) >= 11 is 0. The van der Waals surface area contributed by atoms with Crippen molar-refractivity contribution in [3.63, 3.8) is 0 Å². The number of aromatic nitrogens is 5. The van der Waals surface area contributed by atoms with E-state index in [1.165, 1.54) is 10.8 Å². The largest absolute Gasteiger partial charge is 0.481 e. The number of aromatic amines is 1. The fraction of sp³-hybridized carbons (Fsp3) is 0.200. The molecule has 4 aromatic rings. The van der Waals surface area contributed by atoms with Crippen LogP contribution in [0.1, 0.15) is 23.2 Å². The van der Waals surface area contributed by atoms with Crippen molar-refractivity contribution < 1.29 is 14.6 Å². The van der Waals surface area contributed by atoms with Gasteiger partial charge in [0.2, 0.25) is 11.5 Å². The van der Waals surface area contributed by atoms with E-state index >= 15 is 0 Å². The van der Waals surface area contributed by atoms with Gasteiger partial charge in [0.15, 0.2) is 0 Å². The molecule has 2 aromatic heterocycles. The molecule has 11 nitrogen and oxygen atoms in total. The third kappa shape index (κ3) is 6.00. The average Bonchev–Trinajstić information content (AvgIpc) is 2.83. The van der Waals surface area contributed by atoms with Gasteiger partial charge in [-0.25, -0.2) is 24.1 Å². The zero-order valence-electron chi connectivity index (χ0n) is 19.7. The van der Waals surface area contributed by atoms with Crippen LogP contribution in [0.15, 0.2) is 75.5 Å². The monoisotopic (exact) mass is 488 g/mol. The molecule has 4 rings (SSSR count). The van der Waals surface area contributed by atoms with Gasteiger partial charge in [-0.05, 0) is 43.7 Å². The Labute approximate surface area is 205 Å². The Morgan fingerprint density at radius 2 is 1.75 bits per heavy atom. The normalized spacial score (nSPS) is 11.4. The highest BCUT2D eigenvalue weighted by atomic mass is 16.5. The highest BCUT2D eigenvalue weighted by Crippen LogP contribution is 2.22. The molecule has 2 aromatic carbocycles. The van der Waals surface area contributed by atoms with Crippen molar-refractivity contribution in [3.8, 4) is 11.6 Å². The third-order valence-electron chi connectivity index (χ3n) is 5.22. The Bertz CT molecular complexity index is 1570. The smallest absolute Gasteiger partial charge is 0.335 e. The van der Waals surface area contributed by atoms with Crippen LogP contribution in [-0.4, -0.2) is 35.2 Å². The van der Waals surface area contributed by atoms with E-state index in [2.05, 4.69) is 19.9 Å². The molecular weight excluding hydrogens is 464 g/mol. The first kappa shape index (κ1) is 24.3. The molecule has 0 saturated heterocycles. The van der Waals surface area contributed by atoms with Crippen LogP contribution in [0.4, 0.5) is 5.69 Å². The number of aliphatic carboxylic acids is 1. The molecule has 2 N–H and O–H groups in total. The maximum atomic E-state index is 13.2. The predicted octanol–water partition coefficient (Wildman–Crippen LogP) is 2.29. The van der Waals surface area contributed by atoms with Crippen LogP contribution in [-0.2, 0) is 17.9 Å². The SMILES string of the molecule is Cc1ccc(Cn2c(=O)n(CCC(=O)O)c(=O)[nH]/c2=N\c2ccc(Oc3cncc(C)n3)cc2)cc1. The number of aryl methyl sites for hydroxylation is 2. The molecule has 0 unspecified atom stereocenters. The molecule has 0 fully saturated rings. The minimum absolute atomic E-state index is 0.0374. The lowest BCUT2D eigenvalue weighted by molar-refractivity contribution is -0.137. The lowest BCUT2D eigenvalue weighted by atomic mass is 10.1. The zero-order chi connectivity index (χ0) is 25.7. The van der Waals surface area contributed by atoms with Crippen molar-refractivity contribution in [2.45, 2.75) is 33.4 Å². The van der Waals surface area contributed by atoms with E-state index in [1.54, 1.807) is 30.5 Å². The second-order valence-corrected chi connectivity index (χ2v) is 8.11. The molecule has 0 aliphatic heterocycles. The van der Waals surface area contributed by atoms with Crippen molar-refractivity contribution in [1.82, 2.24) is 24.1 Å². The van der Waals surface area contributed by atoms with Gasteiger partial charge >= 0.3 is 17.3 Å². The number of hydrogen-bond donors (Lipinski definition) is 2. The molecule has 0 atom stereocenters. The van der Waals surface area contributed by atoms with Gasteiger partial charge in [0.05, 0.1) is 30.5 Å². The molecule has 0 radical (unpaired) electrons. The number of nitrogens with one attached hydrogen (secondary N) is 1. The minimum Gasteiger partial charge on any atom is -0.481 e. The number of ether oxygens (including phenoxy) is 1. The molecule has 0 spiro atoms. The summed E-state index contributed by atoms with van der Waals surface area (Å²) in [7, 11) is 0. The molecule has 0 aliphatic carbocycles. The summed E-state index contributed by atoms with van der Waals surface area (Å²) in [5.74, 6) is -0.247. The number of rotatable bonds is 8. The van der Waals surface area contributed by atoms with E-state index in [1.807, 2.05) is 38.1 Å². The van der Waals surface area contributed by atoms with Gasteiger partial charge in [-0.2, -0.15) is 0 Å². The van der Waals surface area contributed by atoms with Gasteiger partial charge in [-0.15, -0.1) is 0 Å². The molecule has 11 heteroatoms. The standard InChI is InChI=1S/C25H24N6O5/c1-16-3-5-18(6-4-16)15-31-23(29-24(34)30(25(31)35)12-11-22(32)33)28-19-7-9-20(10-8-19)36-21-14-26-13-17(2)27-21/h3-10,13-14H,11-12,15H2,1-2H3,(H,32,33)(H,28,29,34). The summed E-state index contributed by atoms with van der Waals surface area (Å²) in [6, 6.07) is 14.3. The molecule has 0 bridgehead atoms. The van der Waals surface area contributed by atoms with Crippen LogP contribution >= 0.6 is 0 Å². The third-order valence-corrected chi connectivity index (χ3v) is 5.22. The Morgan fingerprint density at radius 3 is 2.42 bits per heavy atom. The average molecular weight is 489 g/mol. The number of carbonyl (C=O) groups is 1. The summed E-state index contributed by atoms with van der Waals surface area (Å²) in [5, 5.41) is 8.99. The van der Waals surface area contributed by atoms with Gasteiger partial charge < -0.3 is 9.84 Å². The lowest BCUT2D eigenvalue weighted by Crippen LogP contribution is -2.50. The van der Waals surface area contributed by atoms with Crippen LogP contribution in [0.2, 0.25) is 0 Å². The number of carboxylic acids is 1. The zero-order valence-corrected chi connectivity index (χ0v) is 19.7. The van der Waals surface area contributed by atoms with Gasteiger partial charge in [0.1, 0.15) is 5.75 Å².